The highest BCUT2D eigenvalue weighted by Crippen LogP contribution is 2.47. The van der Waals surface area contributed by atoms with Crippen LogP contribution in [0.2, 0.25) is 0 Å². The summed E-state index contributed by atoms with van der Waals surface area (Å²) in [6.45, 7) is 0. The van der Waals surface area contributed by atoms with Crippen LogP contribution in [-0.2, 0) is 0 Å². The van der Waals surface area contributed by atoms with Crippen molar-refractivity contribution in [2.75, 3.05) is 0 Å². The van der Waals surface area contributed by atoms with Gasteiger partial charge in [0, 0.05) is 164 Å². The van der Waals surface area contributed by atoms with Crippen LogP contribution in [0.4, 0.5) is 0 Å². The molecule has 0 aliphatic carbocycles. The van der Waals surface area contributed by atoms with Crippen molar-refractivity contribution in [3.63, 3.8) is 0 Å². The monoisotopic (exact) mass is 1860 g/mol. The minimum atomic E-state index is 0.702. The van der Waals surface area contributed by atoms with E-state index in [4.69, 9.17) is 39.9 Å². The predicted molar refractivity (Wildman–Crippen MR) is 598 cm³/mol. The van der Waals surface area contributed by atoms with E-state index in [1.54, 1.807) is 31.0 Å². The van der Waals surface area contributed by atoms with Crippen LogP contribution < -0.4 is 0 Å². The van der Waals surface area contributed by atoms with Gasteiger partial charge in [0.2, 0.25) is 0 Å². The molecule has 0 unspecified atom stereocenters. The summed E-state index contributed by atoms with van der Waals surface area (Å²) in [6, 6.07) is 162. The Balaban J connectivity index is 0.000000114. The van der Waals surface area contributed by atoms with Gasteiger partial charge in [-0.15, -0.1) is 0 Å². The molecule has 0 radical (unpaired) electrons. The summed E-state index contributed by atoms with van der Waals surface area (Å²) in [5.74, 6) is 0.702. The Morgan fingerprint density at radius 1 is 0.137 bits per heavy atom. The first-order chi connectivity index (χ1) is 72.4. The van der Waals surface area contributed by atoms with Gasteiger partial charge in [0.25, 0.3) is 0 Å². The summed E-state index contributed by atoms with van der Waals surface area (Å²) in [6.07, 6.45) is 14.7. The van der Waals surface area contributed by atoms with Gasteiger partial charge in [-0.1, -0.05) is 376 Å². The number of hydrogen-bond acceptors (Lipinski definition) is 13. The van der Waals surface area contributed by atoms with Gasteiger partial charge < -0.3 is 0 Å². The quantitative estimate of drug-likeness (QED) is 0.0839. The molecule has 15 aromatic carbocycles. The van der Waals surface area contributed by atoms with Gasteiger partial charge in [-0.25, -0.2) is 39.9 Å². The van der Waals surface area contributed by atoms with Gasteiger partial charge in [-0.2, -0.15) is 0 Å². The van der Waals surface area contributed by atoms with Crippen LogP contribution in [0, 0.1) is 0 Å². The maximum atomic E-state index is 5.40. The second-order valence-electron chi connectivity index (χ2n) is 35.9. The van der Waals surface area contributed by atoms with Crippen molar-refractivity contribution in [1.82, 2.24) is 64.8 Å². The summed E-state index contributed by atoms with van der Waals surface area (Å²) in [7, 11) is 0. The van der Waals surface area contributed by atoms with Gasteiger partial charge >= 0.3 is 0 Å². The number of nitrogens with zero attached hydrogens (tertiary/aromatic N) is 13. The van der Waals surface area contributed by atoms with Gasteiger partial charge in [0.05, 0.1) is 90.2 Å². The Morgan fingerprint density at radius 2 is 0.445 bits per heavy atom. The van der Waals surface area contributed by atoms with E-state index >= 15 is 0 Å². The molecule has 12 aromatic heterocycles. The molecule has 0 spiro atoms. The first kappa shape index (κ1) is 87.6. The number of para-hydroxylation sites is 3. The number of benzene rings is 15. The van der Waals surface area contributed by atoms with E-state index in [0.29, 0.717) is 5.82 Å². The molecule has 0 aliphatic heterocycles. The number of hydrogen-bond donors (Lipinski definition) is 0. The fraction of sp³-hybridized carbons (Fsp3) is 0. The second-order valence-corrected chi connectivity index (χ2v) is 35.9. The topological polar surface area (TPSA) is 168 Å². The Kier molecular flexibility index (Phi) is 23.4. The van der Waals surface area contributed by atoms with E-state index in [-0.39, 0.29) is 0 Å². The highest BCUT2D eigenvalue weighted by atomic mass is 14.9. The molecule has 0 N–H and O–H groups in total. The molecular formula is C133H85N13. The average Bonchev–Trinajstić information content (AvgIpc) is 0.738. The summed E-state index contributed by atoms with van der Waals surface area (Å²) in [5, 5.41) is 12.3. The number of rotatable bonds is 16. The second kappa shape index (κ2) is 39.1. The molecule has 0 saturated carbocycles. The van der Waals surface area contributed by atoms with Crippen LogP contribution in [0.15, 0.2) is 517 Å². The van der Waals surface area contributed by atoms with Crippen LogP contribution in [0.3, 0.4) is 0 Å². The predicted octanol–water partition coefficient (Wildman–Crippen LogP) is 33.1. The molecule has 0 fully saturated rings. The van der Waals surface area contributed by atoms with E-state index < -0.39 is 0 Å². The number of pyridine rings is 11. The zero-order valence-corrected chi connectivity index (χ0v) is 78.9. The molecule has 27 aromatic rings. The molecule has 0 atom stereocenters. The van der Waals surface area contributed by atoms with Gasteiger partial charge in [0.15, 0.2) is 5.82 Å². The Morgan fingerprint density at radius 3 is 0.836 bits per heavy atom. The van der Waals surface area contributed by atoms with E-state index in [2.05, 4.69) is 383 Å². The normalized spacial score (nSPS) is 11.3. The van der Waals surface area contributed by atoms with Crippen molar-refractivity contribution in [2.45, 2.75) is 0 Å². The maximum Gasteiger partial charge on any atom is 0.160 e. The van der Waals surface area contributed by atoms with Crippen molar-refractivity contribution < 1.29 is 0 Å². The molecule has 146 heavy (non-hydrogen) atoms. The van der Waals surface area contributed by atoms with Crippen molar-refractivity contribution in [2.24, 2.45) is 0 Å². The van der Waals surface area contributed by atoms with Gasteiger partial charge in [-0.3, -0.25) is 24.9 Å². The third-order valence-electron chi connectivity index (χ3n) is 27.0. The Hall–Kier alpha value is -19.9. The van der Waals surface area contributed by atoms with Crippen LogP contribution in [0.25, 0.3) is 267 Å². The zero-order valence-electron chi connectivity index (χ0n) is 78.9. The Bertz CT molecular complexity index is 9040. The molecule has 12 heterocycles. The fourth-order valence-electron chi connectivity index (χ4n) is 20.1. The Labute approximate surface area is 842 Å². The van der Waals surface area contributed by atoms with Crippen molar-refractivity contribution >= 4 is 86.8 Å². The van der Waals surface area contributed by atoms with Crippen molar-refractivity contribution in [1.29, 1.82) is 0 Å². The van der Waals surface area contributed by atoms with Crippen LogP contribution in [0.1, 0.15) is 0 Å². The lowest BCUT2D eigenvalue weighted by atomic mass is 9.91. The highest BCUT2D eigenvalue weighted by molar-refractivity contribution is 6.23. The van der Waals surface area contributed by atoms with Crippen LogP contribution >= 0.6 is 0 Å². The molecule has 0 amide bonds. The van der Waals surface area contributed by atoms with Crippen molar-refractivity contribution in [3.05, 3.63) is 517 Å². The van der Waals surface area contributed by atoms with E-state index in [9.17, 15) is 0 Å². The molecule has 27 rings (SSSR count). The summed E-state index contributed by atoms with van der Waals surface area (Å²) >= 11 is 0. The van der Waals surface area contributed by atoms with Crippen molar-refractivity contribution in [3.8, 4) is 180 Å². The largest absolute Gasteiger partial charge is 0.264 e. The molecule has 0 bridgehead atoms. The van der Waals surface area contributed by atoms with Crippen LogP contribution in [-0.4, -0.2) is 64.8 Å². The van der Waals surface area contributed by atoms with E-state index in [1.807, 2.05) is 128 Å². The molecule has 682 valence electrons. The third kappa shape index (κ3) is 17.2. The fourth-order valence-corrected chi connectivity index (χ4v) is 20.1. The lowest BCUT2D eigenvalue weighted by Gasteiger charge is -2.16. The lowest BCUT2D eigenvalue weighted by molar-refractivity contribution is 1.18. The minimum Gasteiger partial charge on any atom is -0.264 e. The molecule has 0 saturated heterocycles. The number of fused-ring (bicyclic) bond motifs is 12. The van der Waals surface area contributed by atoms with Gasteiger partial charge in [0.1, 0.15) is 0 Å². The molecule has 0 aliphatic rings. The highest BCUT2D eigenvalue weighted by Gasteiger charge is 2.25. The standard InChI is InChI=1S/C46H30N4.C45H29N5.C42H26N4/c1-4-13-31(14-5-1)37-20-10-22-39-43(37)40-23-11-21-38(45(40)50-44(39)36-19-12-28-47-30-36)32-24-26-34(27-25-32)42-29-41(33-15-6-2-7-16-33)48-46(49-42)35-17-8-3-9-18-35;1-2-11-31(12-3-1)35-14-8-16-37-43(35)38-17-9-15-36(45(38)50-44(37)33-13-10-24-46-29-33)32-22-20-30(21-23-32)34-27-41(39-18-4-6-25-47-39)49-42(28-34)40-19-5-7-26-48-40;1-3-10-27(11-4-1)32-15-7-17-34-38(32)35-18-8-16-33(42(35)46-39(34)31-14-9-25-43-26-31)37-24-22-30-20-19-29-21-23-36(28-12-5-2-6-13-28)44-40(29)41(30)45-37/h1-30H;1-29H;1-26H. The SMILES string of the molecule is c1ccc(-c2cc(-c3ccc(-c4cccc5c4nc(-c4cccnc4)c4cccc(-c6ccccc6)c45)cc3)nc(-c3ccccc3)n2)cc1.c1ccc(-c2ccc3ccc4ccc(-c5cccc6c5nc(-c5cccnc5)c5cccc(-c7ccccc7)c56)nc4c3n2)cc1.c1ccc(-c2cccc3c(-c4cccnc4)nc4c(-c5ccc(-c6cc(-c7ccccn7)nc(-c7ccccn7)c6)cc5)cccc4c23)cc1. The third-order valence-corrected chi connectivity index (χ3v) is 27.0. The summed E-state index contributed by atoms with van der Waals surface area (Å²) in [5.41, 5.74) is 35.7. The molecule has 13 heteroatoms. The average molecular weight is 1870 g/mol. The maximum absolute atomic E-state index is 5.40. The smallest absolute Gasteiger partial charge is 0.160 e. The van der Waals surface area contributed by atoms with E-state index in [1.165, 1.54) is 49.5 Å². The first-order valence-electron chi connectivity index (χ1n) is 48.7. The summed E-state index contributed by atoms with van der Waals surface area (Å²) < 4.78 is 0. The summed E-state index contributed by atoms with van der Waals surface area (Å²) in [4.78, 5) is 64.1. The molecule has 13 nitrogen and oxygen atoms in total. The molecular weight excluding hydrogens is 1780 g/mol. The van der Waals surface area contributed by atoms with Crippen LogP contribution in [0.5, 0.6) is 0 Å². The minimum absolute atomic E-state index is 0.702. The first-order valence-corrected chi connectivity index (χ1v) is 48.7. The van der Waals surface area contributed by atoms with E-state index in [0.717, 1.165) is 211 Å². The lowest BCUT2D eigenvalue weighted by Crippen LogP contribution is -1.96. The number of aromatic nitrogens is 13. The zero-order chi connectivity index (χ0) is 97.0. The van der Waals surface area contributed by atoms with Gasteiger partial charge in [-0.05, 0) is 147 Å².